The second-order valence-corrected chi connectivity index (χ2v) is 7.11. The van der Waals surface area contributed by atoms with Crippen molar-refractivity contribution < 1.29 is 4.79 Å². The van der Waals surface area contributed by atoms with E-state index >= 15 is 0 Å². The fourth-order valence-corrected chi connectivity index (χ4v) is 4.37. The molecule has 1 aliphatic rings. The maximum Gasteiger partial charge on any atom is 0.263 e. The first-order valence-electron chi connectivity index (χ1n) is 8.09. The molecule has 118 valence electrons. The molecule has 0 spiro atoms. The van der Waals surface area contributed by atoms with E-state index in [1.807, 2.05) is 6.92 Å². The number of aryl methyl sites for hydroxylation is 2. The highest BCUT2D eigenvalue weighted by Crippen LogP contribution is 2.35. The summed E-state index contributed by atoms with van der Waals surface area (Å²) in [4.78, 5) is 18.6. The van der Waals surface area contributed by atoms with Gasteiger partial charge in [0.2, 0.25) is 0 Å². The van der Waals surface area contributed by atoms with Crippen LogP contribution in [0.1, 0.15) is 60.0 Å². The van der Waals surface area contributed by atoms with Crippen molar-refractivity contribution in [2.24, 2.45) is 0 Å². The summed E-state index contributed by atoms with van der Waals surface area (Å²) in [5.74, 6) is -0.0351. The smallest absolute Gasteiger partial charge is 0.263 e. The molecule has 0 unspecified atom stereocenters. The molecule has 0 saturated heterocycles. The molecule has 2 heterocycles. The van der Waals surface area contributed by atoms with E-state index in [1.165, 1.54) is 36.2 Å². The first-order valence-corrected chi connectivity index (χ1v) is 8.91. The van der Waals surface area contributed by atoms with Crippen LogP contribution in [0.25, 0.3) is 10.2 Å². The third-order valence-electron chi connectivity index (χ3n) is 4.44. The average Bonchev–Trinajstić information content (AvgIpc) is 2.84. The van der Waals surface area contributed by atoms with Crippen LogP contribution in [0.15, 0.2) is 6.07 Å². The monoisotopic (exact) mass is 317 g/mol. The Labute approximate surface area is 135 Å². The van der Waals surface area contributed by atoms with Crippen molar-refractivity contribution in [3.05, 3.63) is 22.2 Å². The van der Waals surface area contributed by atoms with E-state index in [9.17, 15) is 4.79 Å². The minimum Gasteiger partial charge on any atom is -0.397 e. The van der Waals surface area contributed by atoms with Crippen LogP contribution < -0.4 is 11.1 Å². The Morgan fingerprint density at radius 2 is 2.14 bits per heavy atom. The number of carbonyl (C=O) groups excluding carboxylic acids is 1. The molecule has 22 heavy (non-hydrogen) atoms. The standard InChI is InChI=1S/C17H23N3OS/c1-3-11-9-10(2)19-17-13(11)14(18)15(22-17)16(21)20-12-7-5-4-6-8-12/h9,12H,3-8,18H2,1-2H3,(H,20,21). The number of pyridine rings is 1. The van der Waals surface area contributed by atoms with Gasteiger partial charge in [0.05, 0.1) is 5.69 Å². The largest absolute Gasteiger partial charge is 0.397 e. The molecule has 5 heteroatoms. The van der Waals surface area contributed by atoms with Crippen molar-refractivity contribution in [3.8, 4) is 0 Å². The van der Waals surface area contributed by atoms with E-state index in [4.69, 9.17) is 5.73 Å². The van der Waals surface area contributed by atoms with Crippen LogP contribution >= 0.6 is 11.3 Å². The van der Waals surface area contributed by atoms with Gasteiger partial charge in [-0.25, -0.2) is 4.98 Å². The first kappa shape index (κ1) is 15.3. The molecule has 0 atom stereocenters. The molecule has 1 saturated carbocycles. The molecular weight excluding hydrogens is 294 g/mol. The number of nitrogens with one attached hydrogen (secondary N) is 1. The second-order valence-electron chi connectivity index (χ2n) is 6.11. The van der Waals surface area contributed by atoms with Gasteiger partial charge in [0.15, 0.2) is 0 Å². The van der Waals surface area contributed by atoms with Crippen molar-refractivity contribution in [2.45, 2.75) is 58.4 Å². The Morgan fingerprint density at radius 1 is 1.41 bits per heavy atom. The SMILES string of the molecule is CCc1cc(C)nc2sc(C(=O)NC3CCCCC3)c(N)c12. The van der Waals surface area contributed by atoms with E-state index in [1.54, 1.807) is 0 Å². The maximum absolute atomic E-state index is 12.6. The van der Waals surface area contributed by atoms with Gasteiger partial charge in [0.25, 0.3) is 5.91 Å². The van der Waals surface area contributed by atoms with Crippen molar-refractivity contribution in [3.63, 3.8) is 0 Å². The van der Waals surface area contributed by atoms with Crippen LogP contribution in [-0.2, 0) is 6.42 Å². The van der Waals surface area contributed by atoms with Gasteiger partial charge in [-0.2, -0.15) is 0 Å². The zero-order chi connectivity index (χ0) is 15.7. The summed E-state index contributed by atoms with van der Waals surface area (Å²) in [5, 5.41) is 4.12. The van der Waals surface area contributed by atoms with E-state index in [0.29, 0.717) is 16.6 Å². The van der Waals surface area contributed by atoms with Crippen LogP contribution in [0.4, 0.5) is 5.69 Å². The maximum atomic E-state index is 12.6. The number of carbonyl (C=O) groups is 1. The number of nitrogen functional groups attached to an aromatic ring is 1. The van der Waals surface area contributed by atoms with Crippen LogP contribution in [0, 0.1) is 6.92 Å². The normalized spacial score (nSPS) is 16.1. The molecule has 3 rings (SSSR count). The summed E-state index contributed by atoms with van der Waals surface area (Å²) in [6.45, 7) is 4.09. The Balaban J connectivity index is 1.93. The molecule has 2 aromatic rings. The summed E-state index contributed by atoms with van der Waals surface area (Å²) in [6.07, 6.45) is 6.73. The lowest BCUT2D eigenvalue weighted by Crippen LogP contribution is -2.36. The minimum atomic E-state index is -0.0351. The van der Waals surface area contributed by atoms with Crippen molar-refractivity contribution in [1.29, 1.82) is 0 Å². The summed E-state index contributed by atoms with van der Waals surface area (Å²) in [7, 11) is 0. The first-order chi connectivity index (χ1) is 10.6. The molecule has 0 aromatic carbocycles. The summed E-state index contributed by atoms with van der Waals surface area (Å²) in [6, 6.07) is 2.36. The lowest BCUT2D eigenvalue weighted by Gasteiger charge is -2.22. The second kappa shape index (κ2) is 6.24. The lowest BCUT2D eigenvalue weighted by molar-refractivity contribution is 0.0932. The quantitative estimate of drug-likeness (QED) is 0.904. The fraction of sp³-hybridized carbons (Fsp3) is 0.529. The van der Waals surface area contributed by atoms with Crippen LogP contribution in [0.3, 0.4) is 0 Å². The molecule has 0 radical (unpaired) electrons. The van der Waals surface area contributed by atoms with E-state index in [2.05, 4.69) is 23.3 Å². The lowest BCUT2D eigenvalue weighted by atomic mass is 9.95. The topological polar surface area (TPSA) is 68.0 Å². The molecular formula is C17H23N3OS. The Hall–Kier alpha value is -1.62. The van der Waals surface area contributed by atoms with Gasteiger partial charge in [-0.05, 0) is 37.8 Å². The third-order valence-corrected chi connectivity index (χ3v) is 5.53. The summed E-state index contributed by atoms with van der Waals surface area (Å²) >= 11 is 1.42. The van der Waals surface area contributed by atoms with Gasteiger partial charge < -0.3 is 11.1 Å². The van der Waals surface area contributed by atoms with Gasteiger partial charge in [-0.1, -0.05) is 26.2 Å². The molecule has 4 nitrogen and oxygen atoms in total. The number of rotatable bonds is 3. The summed E-state index contributed by atoms with van der Waals surface area (Å²) < 4.78 is 0. The predicted molar refractivity (Wildman–Crippen MR) is 92.5 cm³/mol. The number of anilines is 1. The Kier molecular flexibility index (Phi) is 4.34. The highest BCUT2D eigenvalue weighted by atomic mass is 32.1. The van der Waals surface area contributed by atoms with Gasteiger partial charge in [-0.3, -0.25) is 4.79 Å². The van der Waals surface area contributed by atoms with Gasteiger partial charge in [0.1, 0.15) is 9.71 Å². The zero-order valence-corrected chi connectivity index (χ0v) is 14.1. The number of amides is 1. The van der Waals surface area contributed by atoms with E-state index in [-0.39, 0.29) is 5.91 Å². The van der Waals surface area contributed by atoms with Crippen LogP contribution in [0.5, 0.6) is 0 Å². The highest BCUT2D eigenvalue weighted by molar-refractivity contribution is 7.21. The van der Waals surface area contributed by atoms with E-state index in [0.717, 1.165) is 35.2 Å². The number of hydrogen-bond donors (Lipinski definition) is 2. The van der Waals surface area contributed by atoms with Crippen LogP contribution in [0.2, 0.25) is 0 Å². The molecule has 1 fully saturated rings. The van der Waals surface area contributed by atoms with Crippen molar-refractivity contribution >= 4 is 33.1 Å². The van der Waals surface area contributed by atoms with Crippen molar-refractivity contribution in [2.75, 3.05) is 5.73 Å². The number of nitrogens with two attached hydrogens (primary N) is 1. The molecule has 1 aliphatic carbocycles. The molecule has 2 aromatic heterocycles. The zero-order valence-electron chi connectivity index (χ0n) is 13.2. The van der Waals surface area contributed by atoms with Gasteiger partial charge >= 0.3 is 0 Å². The molecule has 0 bridgehead atoms. The van der Waals surface area contributed by atoms with Crippen LogP contribution in [-0.4, -0.2) is 16.9 Å². The molecule has 1 amide bonds. The average molecular weight is 317 g/mol. The number of thiophene rings is 1. The molecule has 3 N–H and O–H groups in total. The highest BCUT2D eigenvalue weighted by Gasteiger charge is 2.22. The van der Waals surface area contributed by atoms with Crippen molar-refractivity contribution in [1.82, 2.24) is 10.3 Å². The number of hydrogen-bond acceptors (Lipinski definition) is 4. The summed E-state index contributed by atoms with van der Waals surface area (Å²) in [5.41, 5.74) is 9.03. The third kappa shape index (κ3) is 2.82. The Bertz CT molecular complexity index is 701. The Morgan fingerprint density at radius 3 is 2.82 bits per heavy atom. The minimum absolute atomic E-state index is 0.0351. The molecule has 0 aliphatic heterocycles. The van der Waals surface area contributed by atoms with Gasteiger partial charge in [0, 0.05) is 17.1 Å². The number of nitrogens with zero attached hydrogens (tertiary/aromatic N) is 1. The predicted octanol–water partition coefficient (Wildman–Crippen LogP) is 3.81. The van der Waals surface area contributed by atoms with Gasteiger partial charge in [-0.15, -0.1) is 11.3 Å². The number of aromatic nitrogens is 1. The van der Waals surface area contributed by atoms with E-state index < -0.39 is 0 Å². The number of fused-ring (bicyclic) bond motifs is 1. The fourth-order valence-electron chi connectivity index (χ4n) is 3.28.